The fourth-order valence-electron chi connectivity index (χ4n) is 13.1. The zero-order valence-electron chi connectivity index (χ0n) is 49.3. The van der Waals surface area contributed by atoms with Crippen LogP contribution in [0.5, 0.6) is 0 Å². The van der Waals surface area contributed by atoms with Gasteiger partial charge in [-0.15, -0.1) is 0 Å². The first-order chi connectivity index (χ1) is 38.6. The Morgan fingerprint density at radius 1 is 0.642 bits per heavy atom. The lowest BCUT2D eigenvalue weighted by atomic mass is 9.91. The summed E-state index contributed by atoms with van der Waals surface area (Å²) in [5.41, 5.74) is 5.97. The van der Waals surface area contributed by atoms with Gasteiger partial charge in [-0.25, -0.2) is 13.6 Å². The van der Waals surface area contributed by atoms with Gasteiger partial charge in [0.2, 0.25) is 11.8 Å². The molecule has 4 fully saturated rings. The number of nitrogens with one attached hydrogen (secondary N) is 1. The largest absolute Gasteiger partial charge is 0.444 e. The average molecular weight is 1120 g/mol. The molecule has 0 bridgehead atoms. The molecular formula is C63H86F2N10O6. The molecule has 0 spiro atoms. The summed E-state index contributed by atoms with van der Waals surface area (Å²) >= 11 is 0. The molecular weight excluding hydrogens is 1030 g/mol. The van der Waals surface area contributed by atoms with Crippen molar-refractivity contribution in [1.82, 2.24) is 39.8 Å². The van der Waals surface area contributed by atoms with E-state index < -0.39 is 5.60 Å². The first kappa shape index (κ1) is 58.7. The van der Waals surface area contributed by atoms with Crippen LogP contribution < -0.4 is 15.1 Å². The van der Waals surface area contributed by atoms with Crippen LogP contribution in [-0.2, 0) is 47.5 Å². The summed E-state index contributed by atoms with van der Waals surface area (Å²) in [6, 6.07) is 17.4. The number of ether oxygens (including phenoxy) is 3. The van der Waals surface area contributed by atoms with Crippen LogP contribution >= 0.6 is 0 Å². The SMILES string of the molecule is C[C@@H]1COCCN1C[C@H]1CN[C@H](CC[C@@H]2COCCN2C[C@H]2CN(C(=O)OC(C)(C)C)[C@H](C)CN2CC(=O)N2CC(C)(C)c3ncc(Cc4ccc(F)cc4)cc32)CN1CC(=O)N1CC(C)(C)c2ncc(Cc3ccc(F)cc3)cc21. The Labute approximate surface area is 478 Å². The zero-order chi connectivity index (χ0) is 57.4. The van der Waals surface area contributed by atoms with Crippen molar-refractivity contribution in [2.75, 3.05) is 115 Å². The van der Waals surface area contributed by atoms with E-state index >= 15 is 0 Å². The molecule has 3 amide bonds. The maximum absolute atomic E-state index is 14.9. The van der Waals surface area contributed by atoms with Crippen LogP contribution in [0.4, 0.5) is 25.0 Å². The van der Waals surface area contributed by atoms with Crippen molar-refractivity contribution in [3.63, 3.8) is 0 Å². The van der Waals surface area contributed by atoms with Gasteiger partial charge < -0.3 is 34.2 Å². The van der Waals surface area contributed by atoms with Crippen molar-refractivity contribution in [3.05, 3.63) is 118 Å². The Bertz CT molecular complexity index is 2870. The lowest BCUT2D eigenvalue weighted by Crippen LogP contribution is -2.64. The molecule has 6 aliphatic heterocycles. The second-order valence-corrected chi connectivity index (χ2v) is 26.2. The molecule has 4 saturated heterocycles. The van der Waals surface area contributed by atoms with E-state index in [9.17, 15) is 23.2 Å². The van der Waals surface area contributed by atoms with E-state index in [1.165, 1.54) is 24.3 Å². The minimum absolute atomic E-state index is 0.0160. The third kappa shape index (κ3) is 14.0. The Morgan fingerprint density at radius 3 is 1.70 bits per heavy atom. The first-order valence-electron chi connectivity index (χ1n) is 29.5. The van der Waals surface area contributed by atoms with Crippen LogP contribution in [-0.4, -0.2) is 199 Å². The van der Waals surface area contributed by atoms with Crippen molar-refractivity contribution in [2.24, 2.45) is 0 Å². The number of anilines is 2. The van der Waals surface area contributed by atoms with Gasteiger partial charge in [0.15, 0.2) is 0 Å². The highest BCUT2D eigenvalue weighted by molar-refractivity contribution is 5.98. The third-order valence-corrected chi connectivity index (χ3v) is 17.5. The van der Waals surface area contributed by atoms with Gasteiger partial charge in [-0.1, -0.05) is 52.0 Å². The zero-order valence-corrected chi connectivity index (χ0v) is 49.3. The van der Waals surface area contributed by atoms with Crippen LogP contribution in [0.1, 0.15) is 109 Å². The molecule has 0 unspecified atom stereocenters. The Balaban J connectivity index is 0.839. The standard InChI is InChI=1S/C63H86F2N10O6/c1-42-31-71(36-56(76)74-40-62(6,7)58-54(74)26-46(28-67-58)24-44-10-14-48(64)15-11-44)53(35-73(42)60(78)81-61(3,4)5)34-70-21-23-80-39-51(70)19-18-50-32-72(52(30-66-50)33-69-20-22-79-38-43(69)2)37-57(77)75-41-63(8,9)59-55(75)27-47(29-68-59)25-45-12-16-49(65)17-13-45/h10-17,26-29,42-43,50-53,66H,18-25,30-41H2,1-9H3/t42-,43-,50-,51-,52-,53+/m1/s1. The van der Waals surface area contributed by atoms with Gasteiger partial charge in [-0.05, 0) is 119 Å². The van der Waals surface area contributed by atoms with Gasteiger partial charge in [0, 0.05) is 125 Å². The molecule has 0 aliphatic carbocycles. The van der Waals surface area contributed by atoms with Crippen molar-refractivity contribution in [1.29, 1.82) is 0 Å². The number of aromatic nitrogens is 2. The smallest absolute Gasteiger partial charge is 0.410 e. The monoisotopic (exact) mass is 1120 g/mol. The highest BCUT2D eigenvalue weighted by Gasteiger charge is 2.45. The van der Waals surface area contributed by atoms with Gasteiger partial charge >= 0.3 is 6.09 Å². The molecule has 0 saturated carbocycles. The molecule has 6 atom stereocenters. The molecule has 2 aromatic carbocycles. The number of hydrogen-bond acceptors (Lipinski definition) is 13. The van der Waals surface area contributed by atoms with E-state index in [4.69, 9.17) is 24.2 Å². The van der Waals surface area contributed by atoms with Crippen LogP contribution in [0.3, 0.4) is 0 Å². The molecule has 18 heteroatoms. The number of carbonyl (C=O) groups is 3. The van der Waals surface area contributed by atoms with Crippen LogP contribution in [0.25, 0.3) is 0 Å². The first-order valence-corrected chi connectivity index (χ1v) is 29.5. The average Bonchev–Trinajstić information content (AvgIpc) is 4.12. The number of piperazine rings is 2. The van der Waals surface area contributed by atoms with Crippen molar-refractivity contribution < 1.29 is 37.4 Å². The maximum atomic E-state index is 14.9. The molecule has 81 heavy (non-hydrogen) atoms. The van der Waals surface area contributed by atoms with E-state index in [0.717, 1.165) is 77.5 Å². The summed E-state index contributed by atoms with van der Waals surface area (Å²) in [6.07, 6.45) is 6.28. The van der Waals surface area contributed by atoms with Crippen LogP contribution in [0, 0.1) is 11.6 Å². The number of amides is 3. The topological polar surface area (TPSA) is 139 Å². The highest BCUT2D eigenvalue weighted by atomic mass is 19.1. The number of hydrogen-bond donors (Lipinski definition) is 1. The van der Waals surface area contributed by atoms with Gasteiger partial charge in [0.05, 0.1) is 62.3 Å². The lowest BCUT2D eigenvalue weighted by Gasteiger charge is -2.48. The number of halogens is 2. The number of benzene rings is 2. The fraction of sp³-hybridized carbons (Fsp3) is 0.603. The second-order valence-electron chi connectivity index (χ2n) is 26.2. The molecule has 16 nitrogen and oxygen atoms in total. The van der Waals surface area contributed by atoms with E-state index in [1.807, 2.05) is 54.8 Å². The lowest BCUT2D eigenvalue weighted by molar-refractivity contribution is -0.122. The second kappa shape index (κ2) is 24.4. The molecule has 4 aromatic rings. The number of nitrogens with zero attached hydrogens (tertiary/aromatic N) is 9. The Hall–Kier alpha value is -5.47. The summed E-state index contributed by atoms with van der Waals surface area (Å²) in [5, 5.41) is 3.93. The minimum atomic E-state index is -0.670. The van der Waals surface area contributed by atoms with E-state index in [-0.39, 0.29) is 89.7 Å². The summed E-state index contributed by atoms with van der Waals surface area (Å²) in [4.78, 5) is 68.9. The van der Waals surface area contributed by atoms with Gasteiger partial charge in [-0.3, -0.25) is 39.2 Å². The van der Waals surface area contributed by atoms with Crippen LogP contribution in [0.15, 0.2) is 73.1 Å². The summed E-state index contributed by atoms with van der Waals surface area (Å²) < 4.78 is 45.6. The van der Waals surface area contributed by atoms with Gasteiger partial charge in [0.25, 0.3) is 0 Å². The molecule has 438 valence electrons. The molecule has 8 heterocycles. The van der Waals surface area contributed by atoms with E-state index in [0.29, 0.717) is 85.1 Å². The Morgan fingerprint density at radius 2 is 1.16 bits per heavy atom. The van der Waals surface area contributed by atoms with Crippen molar-refractivity contribution in [2.45, 2.75) is 141 Å². The quantitative estimate of drug-likeness (QED) is 0.130. The van der Waals surface area contributed by atoms with Crippen molar-refractivity contribution in [3.8, 4) is 0 Å². The van der Waals surface area contributed by atoms with Gasteiger partial charge in [0.1, 0.15) is 17.2 Å². The third-order valence-electron chi connectivity index (χ3n) is 17.5. The predicted molar refractivity (Wildman–Crippen MR) is 310 cm³/mol. The molecule has 0 radical (unpaired) electrons. The van der Waals surface area contributed by atoms with E-state index in [1.54, 1.807) is 24.3 Å². The Kier molecular flexibility index (Phi) is 17.7. The van der Waals surface area contributed by atoms with E-state index in [2.05, 4.69) is 71.7 Å². The summed E-state index contributed by atoms with van der Waals surface area (Å²) in [6.45, 7) is 27.8. The number of carbonyl (C=O) groups excluding carboxylic acids is 3. The summed E-state index contributed by atoms with van der Waals surface area (Å²) in [7, 11) is 0. The molecule has 10 rings (SSSR count). The van der Waals surface area contributed by atoms with Gasteiger partial charge in [-0.2, -0.15) is 0 Å². The fourth-order valence-corrected chi connectivity index (χ4v) is 13.1. The van der Waals surface area contributed by atoms with Crippen LogP contribution in [0.2, 0.25) is 0 Å². The molecule has 6 aliphatic rings. The van der Waals surface area contributed by atoms with Crippen molar-refractivity contribution >= 4 is 29.3 Å². The number of morpholine rings is 2. The molecule has 1 N–H and O–H groups in total. The summed E-state index contributed by atoms with van der Waals surface area (Å²) in [5.74, 6) is -0.511. The minimum Gasteiger partial charge on any atom is -0.444 e. The normalized spacial score (nSPS) is 25.4. The maximum Gasteiger partial charge on any atom is 0.410 e. The molecule has 2 aromatic heterocycles. The predicted octanol–water partition coefficient (Wildman–Crippen LogP) is 7.04. The number of pyridine rings is 2. The number of fused-ring (bicyclic) bond motifs is 2. The number of rotatable bonds is 15. The highest BCUT2D eigenvalue weighted by Crippen LogP contribution is 2.42.